The summed E-state index contributed by atoms with van der Waals surface area (Å²) >= 11 is 0. The molecule has 0 radical (unpaired) electrons. The van der Waals surface area contributed by atoms with Gasteiger partial charge in [0.15, 0.2) is 0 Å². The third kappa shape index (κ3) is 3.44. The summed E-state index contributed by atoms with van der Waals surface area (Å²) in [6, 6.07) is 8.93. The summed E-state index contributed by atoms with van der Waals surface area (Å²) in [5.41, 5.74) is 1.32. The second-order valence-corrected chi connectivity index (χ2v) is 4.90. The first-order chi connectivity index (χ1) is 10.5. The molecule has 114 valence electrons. The Morgan fingerprint density at radius 2 is 2.14 bits per heavy atom. The predicted octanol–water partition coefficient (Wildman–Crippen LogP) is 1.96. The Bertz CT molecular complexity index is 656. The fourth-order valence-corrected chi connectivity index (χ4v) is 2.29. The highest BCUT2D eigenvalue weighted by atomic mass is 16.5. The molecule has 1 aliphatic rings. The van der Waals surface area contributed by atoms with Crippen LogP contribution in [0.15, 0.2) is 35.5 Å². The van der Waals surface area contributed by atoms with Crippen molar-refractivity contribution >= 4 is 17.5 Å². The Balaban J connectivity index is 2.12. The Kier molecular flexibility index (Phi) is 4.79. The van der Waals surface area contributed by atoms with E-state index >= 15 is 0 Å². The monoisotopic (exact) mass is 299 g/mol. The fourth-order valence-electron chi connectivity index (χ4n) is 2.29. The van der Waals surface area contributed by atoms with Crippen molar-refractivity contribution < 1.29 is 14.3 Å². The van der Waals surface area contributed by atoms with Crippen LogP contribution in [-0.2, 0) is 9.59 Å². The Morgan fingerprint density at radius 1 is 1.45 bits per heavy atom. The molecule has 1 heterocycles. The van der Waals surface area contributed by atoms with Gasteiger partial charge in [-0.2, -0.15) is 5.26 Å². The number of rotatable bonds is 4. The number of anilines is 1. The van der Waals surface area contributed by atoms with E-state index in [4.69, 9.17) is 4.74 Å². The van der Waals surface area contributed by atoms with Crippen molar-refractivity contribution in [2.75, 3.05) is 11.9 Å². The number of nitriles is 1. The van der Waals surface area contributed by atoms with Crippen molar-refractivity contribution in [2.45, 2.75) is 20.3 Å². The lowest BCUT2D eigenvalue weighted by Gasteiger charge is -2.22. The van der Waals surface area contributed by atoms with E-state index in [1.807, 2.05) is 13.0 Å². The minimum absolute atomic E-state index is 0.0247. The average Bonchev–Trinajstić information content (AvgIpc) is 2.49. The minimum Gasteiger partial charge on any atom is -0.494 e. The van der Waals surface area contributed by atoms with Gasteiger partial charge >= 0.3 is 0 Å². The molecule has 1 aliphatic heterocycles. The van der Waals surface area contributed by atoms with Gasteiger partial charge in [0.1, 0.15) is 5.75 Å². The van der Waals surface area contributed by atoms with Crippen LogP contribution in [0.3, 0.4) is 0 Å². The second kappa shape index (κ2) is 6.76. The predicted molar refractivity (Wildman–Crippen MR) is 80.8 cm³/mol. The molecule has 1 atom stereocenters. The molecule has 1 aromatic rings. The van der Waals surface area contributed by atoms with Crippen LogP contribution in [-0.4, -0.2) is 18.4 Å². The van der Waals surface area contributed by atoms with Crippen molar-refractivity contribution in [2.24, 2.45) is 5.92 Å². The third-order valence-electron chi connectivity index (χ3n) is 3.34. The van der Waals surface area contributed by atoms with E-state index in [9.17, 15) is 14.9 Å². The SMILES string of the molecule is CCOc1ccc(NC(=O)[C@@H]2CC(=O)NC(C)=C2C#N)cc1. The largest absolute Gasteiger partial charge is 0.494 e. The summed E-state index contributed by atoms with van der Waals surface area (Å²) in [5.74, 6) is -0.672. The number of ether oxygens (including phenoxy) is 1. The number of hydrogen-bond donors (Lipinski definition) is 2. The van der Waals surface area contributed by atoms with Crippen molar-refractivity contribution in [3.63, 3.8) is 0 Å². The molecule has 0 fully saturated rings. The maximum atomic E-state index is 12.3. The number of amides is 2. The maximum absolute atomic E-state index is 12.3. The Morgan fingerprint density at radius 3 is 2.73 bits per heavy atom. The molecule has 2 amide bonds. The molecule has 6 heteroatoms. The maximum Gasteiger partial charge on any atom is 0.233 e. The van der Waals surface area contributed by atoms with E-state index in [0.29, 0.717) is 29.3 Å². The number of nitrogens with one attached hydrogen (secondary N) is 2. The normalized spacial score (nSPS) is 17.5. The molecule has 22 heavy (non-hydrogen) atoms. The van der Waals surface area contributed by atoms with Gasteiger partial charge in [0.25, 0.3) is 0 Å². The molecule has 0 aliphatic carbocycles. The topological polar surface area (TPSA) is 91.2 Å². The second-order valence-electron chi connectivity index (χ2n) is 4.90. The first kappa shape index (κ1) is 15.6. The van der Waals surface area contributed by atoms with E-state index in [-0.39, 0.29) is 18.2 Å². The summed E-state index contributed by atoms with van der Waals surface area (Å²) in [5, 5.41) is 14.5. The number of carbonyl (C=O) groups is 2. The quantitative estimate of drug-likeness (QED) is 0.889. The van der Waals surface area contributed by atoms with E-state index in [1.165, 1.54) is 0 Å². The molecular formula is C16H17N3O3. The number of nitrogens with zero attached hydrogens (tertiary/aromatic N) is 1. The lowest BCUT2D eigenvalue weighted by atomic mass is 9.90. The number of carbonyl (C=O) groups excluding carboxylic acids is 2. The van der Waals surface area contributed by atoms with Crippen LogP contribution in [0.5, 0.6) is 5.75 Å². The van der Waals surface area contributed by atoms with Gasteiger partial charge < -0.3 is 15.4 Å². The van der Waals surface area contributed by atoms with Gasteiger partial charge in [-0.25, -0.2) is 0 Å². The van der Waals surface area contributed by atoms with Crippen LogP contribution in [0.25, 0.3) is 0 Å². The van der Waals surface area contributed by atoms with Gasteiger partial charge in [0.05, 0.1) is 24.2 Å². The van der Waals surface area contributed by atoms with Crippen LogP contribution in [0.4, 0.5) is 5.69 Å². The molecule has 0 saturated heterocycles. The standard InChI is InChI=1S/C16H17N3O3/c1-3-22-12-6-4-11(5-7-12)19-16(21)13-8-15(20)18-10(2)14(13)9-17/h4-7,13H,3,8H2,1-2H3,(H,18,20)(H,19,21)/t13-/m1/s1. The fraction of sp³-hybridized carbons (Fsp3) is 0.312. The summed E-state index contributed by atoms with van der Waals surface area (Å²) in [7, 11) is 0. The molecule has 2 N–H and O–H groups in total. The number of allylic oxidation sites excluding steroid dienone is 1. The van der Waals surface area contributed by atoms with E-state index in [1.54, 1.807) is 31.2 Å². The lowest BCUT2D eigenvalue weighted by Crippen LogP contribution is -2.37. The number of hydrogen-bond acceptors (Lipinski definition) is 4. The molecule has 1 aromatic carbocycles. The molecule has 0 bridgehead atoms. The highest BCUT2D eigenvalue weighted by Gasteiger charge is 2.31. The molecule has 0 saturated carbocycles. The van der Waals surface area contributed by atoms with Crippen molar-refractivity contribution in [3.05, 3.63) is 35.5 Å². The minimum atomic E-state index is -0.759. The van der Waals surface area contributed by atoms with Crippen molar-refractivity contribution in [3.8, 4) is 11.8 Å². The van der Waals surface area contributed by atoms with Crippen molar-refractivity contribution in [1.82, 2.24) is 5.32 Å². The van der Waals surface area contributed by atoms with E-state index < -0.39 is 5.92 Å². The van der Waals surface area contributed by atoms with Crippen LogP contribution in [0.1, 0.15) is 20.3 Å². The summed E-state index contributed by atoms with van der Waals surface area (Å²) < 4.78 is 5.33. The zero-order valence-corrected chi connectivity index (χ0v) is 12.5. The van der Waals surface area contributed by atoms with Gasteiger partial charge in [-0.15, -0.1) is 0 Å². The molecular weight excluding hydrogens is 282 g/mol. The van der Waals surface area contributed by atoms with Crippen LogP contribution < -0.4 is 15.4 Å². The van der Waals surface area contributed by atoms with Gasteiger partial charge in [-0.1, -0.05) is 0 Å². The first-order valence-electron chi connectivity index (χ1n) is 6.99. The molecule has 2 rings (SSSR count). The molecule has 0 spiro atoms. The van der Waals surface area contributed by atoms with Crippen LogP contribution in [0, 0.1) is 17.2 Å². The number of benzene rings is 1. The van der Waals surface area contributed by atoms with E-state index in [0.717, 1.165) is 0 Å². The molecule has 0 aromatic heterocycles. The smallest absolute Gasteiger partial charge is 0.233 e. The lowest BCUT2D eigenvalue weighted by molar-refractivity contribution is -0.126. The van der Waals surface area contributed by atoms with Gasteiger partial charge in [0.2, 0.25) is 11.8 Å². The Labute approximate surface area is 128 Å². The van der Waals surface area contributed by atoms with Crippen molar-refractivity contribution in [1.29, 1.82) is 5.26 Å². The van der Waals surface area contributed by atoms with Gasteiger partial charge in [0, 0.05) is 17.8 Å². The molecule has 6 nitrogen and oxygen atoms in total. The van der Waals surface area contributed by atoms with Gasteiger partial charge in [-0.3, -0.25) is 9.59 Å². The van der Waals surface area contributed by atoms with E-state index in [2.05, 4.69) is 10.6 Å². The summed E-state index contributed by atoms with van der Waals surface area (Å²) in [4.78, 5) is 23.9. The Hall–Kier alpha value is -2.81. The average molecular weight is 299 g/mol. The third-order valence-corrected chi connectivity index (χ3v) is 3.34. The highest BCUT2D eigenvalue weighted by Crippen LogP contribution is 2.24. The summed E-state index contributed by atoms with van der Waals surface area (Å²) in [6.07, 6.45) is -0.0247. The zero-order valence-electron chi connectivity index (χ0n) is 12.5. The zero-order chi connectivity index (χ0) is 16.1. The first-order valence-corrected chi connectivity index (χ1v) is 6.99. The van der Waals surface area contributed by atoms with Gasteiger partial charge in [-0.05, 0) is 38.1 Å². The highest BCUT2D eigenvalue weighted by molar-refractivity contribution is 5.99. The summed E-state index contributed by atoms with van der Waals surface area (Å²) in [6.45, 7) is 4.08. The van der Waals surface area contributed by atoms with Crippen LogP contribution >= 0.6 is 0 Å². The van der Waals surface area contributed by atoms with Crippen LogP contribution in [0.2, 0.25) is 0 Å². The molecule has 0 unspecified atom stereocenters.